The van der Waals surface area contributed by atoms with Crippen molar-refractivity contribution in [2.24, 2.45) is 0 Å². The minimum atomic E-state index is -3.46. The number of nitrogens with zero attached hydrogens (tertiary/aromatic N) is 5. The van der Waals surface area contributed by atoms with E-state index in [1.165, 1.54) is 32.1 Å². The van der Waals surface area contributed by atoms with Gasteiger partial charge < -0.3 is 0 Å². The van der Waals surface area contributed by atoms with E-state index in [9.17, 15) is 8.42 Å². The van der Waals surface area contributed by atoms with Gasteiger partial charge in [-0.15, -0.1) is 6.58 Å². The molecule has 9 heteroatoms. The molecule has 7 nitrogen and oxygen atoms in total. The lowest BCUT2D eigenvalue weighted by atomic mass is 9.89. The number of hydrogen-bond donors (Lipinski definition) is 0. The smallest absolute Gasteiger partial charge is 0.243 e. The van der Waals surface area contributed by atoms with Crippen LogP contribution in [0.25, 0.3) is 0 Å². The van der Waals surface area contributed by atoms with E-state index < -0.39 is 10.0 Å². The van der Waals surface area contributed by atoms with Crippen molar-refractivity contribution in [3.05, 3.63) is 53.1 Å². The first-order chi connectivity index (χ1) is 15.4. The highest BCUT2D eigenvalue weighted by molar-refractivity contribution is 7.89. The van der Waals surface area contributed by atoms with E-state index in [0.29, 0.717) is 50.2 Å². The van der Waals surface area contributed by atoms with E-state index >= 15 is 0 Å². The molecule has 0 unspecified atom stereocenters. The summed E-state index contributed by atoms with van der Waals surface area (Å²) in [6, 6.07) is 7.06. The Bertz CT molecular complexity index is 1090. The molecule has 1 saturated heterocycles. The molecule has 4 rings (SSSR count). The minimum absolute atomic E-state index is 0.360. The second-order valence-electron chi connectivity index (χ2n) is 8.85. The van der Waals surface area contributed by atoms with Gasteiger partial charge in [-0.3, -0.25) is 9.47 Å². The Kier molecular flexibility index (Phi) is 7.29. The van der Waals surface area contributed by atoms with Crippen molar-refractivity contribution in [1.82, 2.24) is 23.6 Å². The van der Waals surface area contributed by atoms with Crippen LogP contribution in [0.3, 0.4) is 0 Å². The molecule has 2 aromatic rings. The molecule has 0 spiro atoms. The van der Waals surface area contributed by atoms with E-state index in [1.54, 1.807) is 16.4 Å². The van der Waals surface area contributed by atoms with Crippen LogP contribution in [0, 0.1) is 11.7 Å². The Morgan fingerprint density at radius 3 is 2.38 bits per heavy atom. The van der Waals surface area contributed by atoms with E-state index in [2.05, 4.69) is 16.0 Å². The first-order valence-corrected chi connectivity index (χ1v) is 13.3. The molecule has 0 bridgehead atoms. The number of sulfonamides is 1. The van der Waals surface area contributed by atoms with E-state index in [1.807, 2.05) is 29.8 Å². The maximum absolute atomic E-state index is 13.0. The second-order valence-corrected chi connectivity index (χ2v) is 11.2. The molecule has 1 aliphatic carbocycles. The van der Waals surface area contributed by atoms with Crippen molar-refractivity contribution in [1.29, 1.82) is 0 Å². The zero-order valence-electron chi connectivity index (χ0n) is 18.8. The molecule has 1 aromatic heterocycles. The van der Waals surface area contributed by atoms with Gasteiger partial charge in [-0.25, -0.2) is 13.1 Å². The van der Waals surface area contributed by atoms with Gasteiger partial charge in [0.15, 0.2) is 4.77 Å². The SMILES string of the molecule is C=CCn1c(C2CCCCC2)nn(CN2CCN(S(=O)(=O)c3ccc(C)cc3)CC2)c1=S. The van der Waals surface area contributed by atoms with Gasteiger partial charge in [-0.05, 0) is 44.1 Å². The predicted molar refractivity (Wildman–Crippen MR) is 129 cm³/mol. The Morgan fingerprint density at radius 1 is 1.09 bits per heavy atom. The third-order valence-corrected chi connectivity index (χ3v) is 8.90. The van der Waals surface area contributed by atoms with E-state index in [0.717, 1.165) is 16.2 Å². The number of hydrogen-bond acceptors (Lipinski definition) is 5. The number of benzene rings is 1. The highest BCUT2D eigenvalue weighted by atomic mass is 32.2. The fourth-order valence-corrected chi connectivity index (χ4v) is 6.36. The molecule has 1 aromatic carbocycles. The number of aryl methyl sites for hydroxylation is 1. The molecule has 32 heavy (non-hydrogen) atoms. The normalized spacial score (nSPS) is 19.3. The standard InChI is InChI=1S/C23H33N5O2S2/c1-3-13-27-22(20-7-5-4-6-8-20)24-28(23(27)31)18-25-14-16-26(17-15-25)32(29,30)21-11-9-19(2)10-12-21/h3,9-12,20H,1,4-8,13-18H2,2H3. The highest BCUT2D eigenvalue weighted by Crippen LogP contribution is 2.32. The molecular weight excluding hydrogens is 442 g/mol. The molecule has 2 heterocycles. The zero-order chi connectivity index (χ0) is 22.7. The second kappa shape index (κ2) is 9.99. The van der Waals surface area contributed by atoms with Crippen LogP contribution in [-0.2, 0) is 23.2 Å². The quantitative estimate of drug-likeness (QED) is 0.449. The number of allylic oxidation sites excluding steroid dienone is 1. The van der Waals surface area contributed by atoms with Crippen molar-refractivity contribution >= 4 is 22.2 Å². The molecule has 174 valence electrons. The summed E-state index contributed by atoms with van der Waals surface area (Å²) in [5.41, 5.74) is 1.05. The van der Waals surface area contributed by atoms with Crippen LogP contribution >= 0.6 is 12.2 Å². The molecule has 1 aliphatic heterocycles. The maximum Gasteiger partial charge on any atom is 0.243 e. The van der Waals surface area contributed by atoms with Crippen LogP contribution in [0.5, 0.6) is 0 Å². The molecule has 0 amide bonds. The summed E-state index contributed by atoms with van der Waals surface area (Å²) in [5, 5.41) is 4.92. The first kappa shape index (κ1) is 23.4. The van der Waals surface area contributed by atoms with Gasteiger partial charge >= 0.3 is 0 Å². The topological polar surface area (TPSA) is 63.4 Å². The van der Waals surface area contributed by atoms with Crippen molar-refractivity contribution in [3.63, 3.8) is 0 Å². The van der Waals surface area contributed by atoms with E-state index in [4.69, 9.17) is 17.3 Å². The lowest BCUT2D eigenvalue weighted by Crippen LogP contribution is -2.48. The predicted octanol–water partition coefficient (Wildman–Crippen LogP) is 3.92. The number of piperazine rings is 1. The fraction of sp³-hybridized carbons (Fsp3) is 0.565. The van der Waals surface area contributed by atoms with Gasteiger partial charge in [0.05, 0.1) is 11.6 Å². The molecule has 0 radical (unpaired) electrons. The van der Waals surface area contributed by atoms with Gasteiger partial charge in [-0.2, -0.15) is 9.40 Å². The summed E-state index contributed by atoms with van der Waals surface area (Å²) in [6.07, 6.45) is 8.00. The Labute approximate surface area is 196 Å². The van der Waals surface area contributed by atoms with Gasteiger partial charge in [0.25, 0.3) is 0 Å². The minimum Gasteiger partial charge on any atom is -0.300 e. The zero-order valence-corrected chi connectivity index (χ0v) is 20.5. The molecule has 1 saturated carbocycles. The van der Waals surface area contributed by atoms with Crippen LogP contribution in [-0.4, -0.2) is 58.1 Å². The van der Waals surface area contributed by atoms with Gasteiger partial charge in [0, 0.05) is 38.6 Å². The average molecular weight is 476 g/mol. The van der Waals surface area contributed by atoms with Crippen LogP contribution in [0.2, 0.25) is 0 Å². The molecule has 0 atom stereocenters. The largest absolute Gasteiger partial charge is 0.300 e. The Balaban J connectivity index is 1.44. The summed E-state index contributed by atoms with van der Waals surface area (Å²) in [4.78, 5) is 2.59. The van der Waals surface area contributed by atoms with Crippen molar-refractivity contribution in [2.45, 2.75) is 63.1 Å². The van der Waals surface area contributed by atoms with Crippen molar-refractivity contribution < 1.29 is 8.42 Å². The summed E-state index contributed by atoms with van der Waals surface area (Å²) in [7, 11) is -3.46. The van der Waals surface area contributed by atoms with Gasteiger partial charge in [-0.1, -0.05) is 43.0 Å². The number of rotatable bonds is 7. The summed E-state index contributed by atoms with van der Waals surface area (Å²) < 4.78 is 32.3. The first-order valence-electron chi connectivity index (χ1n) is 11.5. The summed E-state index contributed by atoms with van der Waals surface area (Å²) in [5.74, 6) is 1.54. The summed E-state index contributed by atoms with van der Waals surface area (Å²) >= 11 is 5.76. The monoisotopic (exact) mass is 475 g/mol. The third-order valence-electron chi connectivity index (χ3n) is 6.56. The van der Waals surface area contributed by atoms with Crippen LogP contribution in [0.15, 0.2) is 41.8 Å². The molecular formula is C23H33N5O2S2. The van der Waals surface area contributed by atoms with Crippen molar-refractivity contribution in [3.8, 4) is 0 Å². The summed E-state index contributed by atoms with van der Waals surface area (Å²) in [6.45, 7) is 9.34. The van der Waals surface area contributed by atoms with Crippen molar-refractivity contribution in [2.75, 3.05) is 26.2 Å². The third kappa shape index (κ3) is 4.90. The molecule has 0 N–H and O–H groups in total. The fourth-order valence-electron chi connectivity index (χ4n) is 4.67. The highest BCUT2D eigenvalue weighted by Gasteiger charge is 2.29. The molecule has 2 fully saturated rings. The van der Waals surface area contributed by atoms with Crippen LogP contribution in [0.4, 0.5) is 0 Å². The lowest BCUT2D eigenvalue weighted by molar-refractivity contribution is 0.144. The Hall–Kier alpha value is -1.81. The van der Waals surface area contributed by atoms with Crippen LogP contribution < -0.4 is 0 Å². The molecule has 2 aliphatic rings. The van der Waals surface area contributed by atoms with Gasteiger partial charge in [0.1, 0.15) is 5.82 Å². The Morgan fingerprint density at radius 2 is 1.75 bits per heavy atom. The average Bonchev–Trinajstić information content (AvgIpc) is 3.11. The lowest BCUT2D eigenvalue weighted by Gasteiger charge is -2.33. The number of aromatic nitrogens is 3. The van der Waals surface area contributed by atoms with Gasteiger partial charge in [0.2, 0.25) is 10.0 Å². The van der Waals surface area contributed by atoms with E-state index in [-0.39, 0.29) is 0 Å². The van der Waals surface area contributed by atoms with Crippen LogP contribution in [0.1, 0.15) is 49.4 Å². The maximum atomic E-state index is 13.0.